The number of carbonyl (C=O) groups is 1. The van der Waals surface area contributed by atoms with Crippen LogP contribution in [0.5, 0.6) is 0 Å². The lowest BCUT2D eigenvalue weighted by Gasteiger charge is -2.08. The van der Waals surface area contributed by atoms with Crippen molar-refractivity contribution < 1.29 is 9.21 Å². The van der Waals surface area contributed by atoms with Crippen molar-refractivity contribution in [1.29, 1.82) is 0 Å². The van der Waals surface area contributed by atoms with Gasteiger partial charge in [-0.15, -0.1) is 0 Å². The lowest BCUT2D eigenvalue weighted by Crippen LogP contribution is -2.22. The molecule has 0 aliphatic carbocycles. The minimum atomic E-state index is -0.185. The van der Waals surface area contributed by atoms with Crippen LogP contribution in [0.15, 0.2) is 27.6 Å². The Kier molecular flexibility index (Phi) is 2.32. The van der Waals surface area contributed by atoms with Crippen LogP contribution in [-0.4, -0.2) is 24.9 Å². The van der Waals surface area contributed by atoms with E-state index in [9.17, 15) is 9.59 Å². The maximum Gasteiger partial charge on any atom is 0.263 e. The predicted molar refractivity (Wildman–Crippen MR) is 58.4 cm³/mol. The zero-order valence-electron chi connectivity index (χ0n) is 8.31. The summed E-state index contributed by atoms with van der Waals surface area (Å²) in [5.74, 6) is -0.185. The van der Waals surface area contributed by atoms with Crippen molar-refractivity contribution in [2.24, 2.45) is 0 Å². The molecule has 0 radical (unpaired) electrons. The zero-order chi connectivity index (χ0) is 11.0. The largest absolute Gasteiger partial charge is 0.453 e. The number of hydrogen-bond donors (Lipinski definition) is 0. The molecule has 0 bridgehead atoms. The minimum absolute atomic E-state index is 0.178. The fourth-order valence-corrected chi connectivity index (χ4v) is 2.23. The van der Waals surface area contributed by atoms with E-state index in [1.54, 1.807) is 20.2 Å². The average Bonchev–Trinajstić information content (AvgIpc) is 2.64. The number of amides is 1. The van der Waals surface area contributed by atoms with Gasteiger partial charge in [-0.1, -0.05) is 11.3 Å². The van der Waals surface area contributed by atoms with Gasteiger partial charge in [0.1, 0.15) is 0 Å². The minimum Gasteiger partial charge on any atom is -0.453 e. The van der Waals surface area contributed by atoms with E-state index in [-0.39, 0.29) is 11.3 Å². The van der Waals surface area contributed by atoms with Crippen molar-refractivity contribution in [2.45, 2.75) is 0 Å². The van der Waals surface area contributed by atoms with Crippen LogP contribution in [0.4, 0.5) is 0 Å². The number of carbonyl (C=O) groups excluding carboxylic acids is 1. The molecule has 0 fully saturated rings. The summed E-state index contributed by atoms with van der Waals surface area (Å²) in [5, 5.41) is 0.523. The van der Waals surface area contributed by atoms with E-state index < -0.39 is 0 Å². The van der Waals surface area contributed by atoms with Crippen LogP contribution in [-0.2, 0) is 0 Å². The molecule has 5 heteroatoms. The third-order valence-corrected chi connectivity index (χ3v) is 2.99. The Balaban J connectivity index is 2.64. The second-order valence-electron chi connectivity index (χ2n) is 3.30. The fourth-order valence-electron chi connectivity index (χ4n) is 1.21. The summed E-state index contributed by atoms with van der Waals surface area (Å²) in [5.41, 5.74) is -0.178. The highest BCUT2D eigenvalue weighted by atomic mass is 32.1. The summed E-state index contributed by atoms with van der Waals surface area (Å²) in [4.78, 5) is 25.5. The van der Waals surface area contributed by atoms with Gasteiger partial charge in [-0.25, -0.2) is 0 Å². The lowest BCUT2D eigenvalue weighted by atomic mass is 10.3. The van der Waals surface area contributed by atoms with E-state index in [1.807, 2.05) is 0 Å². The highest BCUT2D eigenvalue weighted by Gasteiger charge is 2.13. The fraction of sp³-hybridized carbons (Fsp3) is 0.200. The summed E-state index contributed by atoms with van der Waals surface area (Å²) >= 11 is 1.19. The summed E-state index contributed by atoms with van der Waals surface area (Å²) < 4.78 is 5.12. The first-order chi connectivity index (χ1) is 7.09. The molecular formula is C10H9NO3S. The number of fused-ring (bicyclic) bond motifs is 1. The van der Waals surface area contributed by atoms with Crippen molar-refractivity contribution in [1.82, 2.24) is 4.90 Å². The van der Waals surface area contributed by atoms with Crippen LogP contribution < -0.4 is 5.43 Å². The predicted octanol–water partition coefficient (Wildman–Crippen LogP) is 1.56. The van der Waals surface area contributed by atoms with Gasteiger partial charge in [-0.3, -0.25) is 9.59 Å². The first-order valence-corrected chi connectivity index (χ1v) is 5.14. The van der Waals surface area contributed by atoms with E-state index in [2.05, 4.69) is 0 Å². The SMILES string of the molecule is CN(C)C(=O)c1cc(=O)c2ccoc2s1. The molecular weight excluding hydrogens is 214 g/mol. The Morgan fingerprint density at radius 3 is 2.87 bits per heavy atom. The molecule has 0 aromatic carbocycles. The van der Waals surface area contributed by atoms with Crippen molar-refractivity contribution in [3.8, 4) is 0 Å². The highest BCUT2D eigenvalue weighted by molar-refractivity contribution is 7.19. The van der Waals surface area contributed by atoms with Gasteiger partial charge in [-0.05, 0) is 6.07 Å². The van der Waals surface area contributed by atoms with E-state index in [0.29, 0.717) is 15.2 Å². The second kappa shape index (κ2) is 3.51. The van der Waals surface area contributed by atoms with Crippen molar-refractivity contribution in [3.63, 3.8) is 0 Å². The van der Waals surface area contributed by atoms with E-state index in [1.165, 1.54) is 28.6 Å². The van der Waals surface area contributed by atoms with Gasteiger partial charge in [0.25, 0.3) is 5.91 Å². The molecule has 78 valence electrons. The van der Waals surface area contributed by atoms with E-state index in [0.717, 1.165) is 0 Å². The van der Waals surface area contributed by atoms with Crippen LogP contribution in [0.25, 0.3) is 10.3 Å². The molecule has 1 amide bonds. The molecule has 2 rings (SSSR count). The topological polar surface area (TPSA) is 50.5 Å². The molecule has 2 aromatic rings. The smallest absolute Gasteiger partial charge is 0.263 e. The molecule has 15 heavy (non-hydrogen) atoms. The normalized spacial score (nSPS) is 10.5. The Bertz CT molecular complexity index is 567. The zero-order valence-corrected chi connectivity index (χ0v) is 9.13. The molecule has 0 unspecified atom stereocenters. The van der Waals surface area contributed by atoms with Crippen molar-refractivity contribution in [3.05, 3.63) is 33.5 Å². The van der Waals surface area contributed by atoms with Gasteiger partial charge in [0.2, 0.25) is 0 Å². The van der Waals surface area contributed by atoms with Gasteiger partial charge in [0, 0.05) is 20.2 Å². The summed E-state index contributed by atoms with van der Waals surface area (Å²) in [6, 6.07) is 2.96. The van der Waals surface area contributed by atoms with E-state index >= 15 is 0 Å². The van der Waals surface area contributed by atoms with Crippen molar-refractivity contribution in [2.75, 3.05) is 14.1 Å². The molecule has 0 aliphatic heterocycles. The van der Waals surface area contributed by atoms with E-state index in [4.69, 9.17) is 4.42 Å². The second-order valence-corrected chi connectivity index (χ2v) is 4.31. The standard InChI is InChI=1S/C10H9NO3S/c1-11(2)9(13)8-5-7(12)6-3-4-14-10(6)15-8/h3-5H,1-2H3. The van der Waals surface area contributed by atoms with Gasteiger partial charge < -0.3 is 9.32 Å². The molecule has 0 saturated heterocycles. The number of furan rings is 1. The monoisotopic (exact) mass is 223 g/mol. The van der Waals surface area contributed by atoms with Gasteiger partial charge >= 0.3 is 0 Å². The molecule has 0 spiro atoms. The Morgan fingerprint density at radius 2 is 2.20 bits per heavy atom. The first kappa shape index (κ1) is 9.92. The third-order valence-electron chi connectivity index (χ3n) is 1.98. The Labute approximate surface area is 89.7 Å². The summed E-state index contributed by atoms with van der Waals surface area (Å²) in [6.45, 7) is 0. The Hall–Kier alpha value is -1.62. The van der Waals surface area contributed by atoms with Crippen LogP contribution in [0.2, 0.25) is 0 Å². The number of rotatable bonds is 1. The molecule has 0 atom stereocenters. The van der Waals surface area contributed by atoms with Gasteiger partial charge in [0.15, 0.2) is 10.3 Å². The first-order valence-electron chi connectivity index (χ1n) is 4.32. The van der Waals surface area contributed by atoms with Gasteiger partial charge in [-0.2, -0.15) is 0 Å². The molecule has 0 aliphatic rings. The molecule has 2 aromatic heterocycles. The lowest BCUT2D eigenvalue weighted by molar-refractivity contribution is 0.0832. The van der Waals surface area contributed by atoms with Crippen LogP contribution in [0, 0.1) is 0 Å². The quantitative estimate of drug-likeness (QED) is 0.737. The molecule has 2 heterocycles. The van der Waals surface area contributed by atoms with Crippen LogP contribution in [0.1, 0.15) is 9.67 Å². The van der Waals surface area contributed by atoms with Crippen LogP contribution in [0.3, 0.4) is 0 Å². The molecule has 0 saturated carbocycles. The maximum absolute atomic E-state index is 11.6. The number of nitrogens with zero attached hydrogens (tertiary/aromatic N) is 1. The van der Waals surface area contributed by atoms with Gasteiger partial charge in [0.05, 0.1) is 16.5 Å². The third kappa shape index (κ3) is 1.66. The number of hydrogen-bond acceptors (Lipinski definition) is 4. The molecule has 0 N–H and O–H groups in total. The summed E-state index contributed by atoms with van der Waals surface area (Å²) in [7, 11) is 3.29. The van der Waals surface area contributed by atoms with Crippen LogP contribution >= 0.6 is 11.3 Å². The Morgan fingerprint density at radius 1 is 1.47 bits per heavy atom. The highest BCUT2D eigenvalue weighted by Crippen LogP contribution is 2.20. The maximum atomic E-state index is 11.6. The molecule has 4 nitrogen and oxygen atoms in total. The van der Waals surface area contributed by atoms with Crippen molar-refractivity contribution >= 4 is 27.5 Å². The summed E-state index contributed by atoms with van der Waals surface area (Å²) in [6.07, 6.45) is 1.45. The average molecular weight is 223 g/mol.